The molecule has 1 saturated heterocycles. The SMILES string of the molecule is COc1cc(OC(F)(F)F)ccc1[C@H]1[C@H](c2cc(=O)c3nc(C(=O)O)ccc3[nH]2)O[C@@](C)(C(F)(F)F)[C@H]1C. The highest BCUT2D eigenvalue weighted by Crippen LogP contribution is 2.59. The van der Waals surface area contributed by atoms with Crippen LogP contribution in [-0.2, 0) is 4.74 Å². The smallest absolute Gasteiger partial charge is 0.496 e. The van der Waals surface area contributed by atoms with Crippen LogP contribution in [0.1, 0.15) is 47.6 Å². The number of halogens is 6. The minimum Gasteiger partial charge on any atom is -0.496 e. The predicted octanol–water partition coefficient (Wildman–Crippen LogP) is 5.34. The van der Waals surface area contributed by atoms with E-state index in [1.807, 2.05) is 0 Å². The van der Waals surface area contributed by atoms with Gasteiger partial charge in [0.15, 0.2) is 5.60 Å². The fraction of sp³-hybridized carbons (Fsp3) is 0.375. The van der Waals surface area contributed by atoms with Crippen LogP contribution in [0, 0.1) is 5.92 Å². The number of aromatic nitrogens is 2. The molecule has 0 bridgehead atoms. The van der Waals surface area contributed by atoms with Crippen LogP contribution in [0.25, 0.3) is 11.0 Å². The highest BCUT2D eigenvalue weighted by molar-refractivity contribution is 5.88. The van der Waals surface area contributed by atoms with Crippen LogP contribution in [-0.4, -0.2) is 46.3 Å². The third kappa shape index (κ3) is 4.75. The molecule has 8 nitrogen and oxygen atoms in total. The number of aromatic amines is 1. The number of rotatable bonds is 5. The Balaban J connectivity index is 1.88. The van der Waals surface area contributed by atoms with Gasteiger partial charge in [0.2, 0.25) is 5.43 Å². The molecule has 4 atom stereocenters. The number of fused-ring (bicyclic) bond motifs is 1. The first-order valence-electron chi connectivity index (χ1n) is 11.0. The van der Waals surface area contributed by atoms with Gasteiger partial charge in [-0.25, -0.2) is 9.78 Å². The van der Waals surface area contributed by atoms with Crippen molar-refractivity contribution in [1.29, 1.82) is 0 Å². The fourth-order valence-electron chi connectivity index (χ4n) is 4.65. The fourth-order valence-corrected chi connectivity index (χ4v) is 4.65. The zero-order valence-electron chi connectivity index (χ0n) is 19.9. The van der Waals surface area contributed by atoms with Crippen molar-refractivity contribution in [2.45, 2.75) is 44.0 Å². The molecule has 3 aromatic rings. The number of ether oxygens (including phenoxy) is 3. The second kappa shape index (κ2) is 9.19. The van der Waals surface area contributed by atoms with E-state index in [0.29, 0.717) is 0 Å². The number of benzene rings is 1. The Kier molecular flexibility index (Phi) is 6.58. The number of carboxylic acids is 1. The Bertz CT molecular complexity index is 1450. The summed E-state index contributed by atoms with van der Waals surface area (Å²) in [6.07, 6.45) is -11.3. The molecule has 0 spiro atoms. The van der Waals surface area contributed by atoms with Gasteiger partial charge in [0.25, 0.3) is 0 Å². The largest absolute Gasteiger partial charge is 0.573 e. The molecule has 2 aromatic heterocycles. The van der Waals surface area contributed by atoms with Gasteiger partial charge in [-0.15, -0.1) is 13.2 Å². The van der Waals surface area contributed by atoms with Crippen molar-refractivity contribution >= 4 is 17.0 Å². The number of nitrogens with one attached hydrogen (secondary N) is 1. The number of carbonyl (C=O) groups is 1. The first-order chi connectivity index (χ1) is 17.6. The van der Waals surface area contributed by atoms with E-state index in [2.05, 4.69) is 14.7 Å². The molecule has 2 N–H and O–H groups in total. The van der Waals surface area contributed by atoms with Gasteiger partial charge < -0.3 is 24.3 Å². The molecular formula is C24H20F6N2O6. The summed E-state index contributed by atoms with van der Waals surface area (Å²) >= 11 is 0. The first kappa shape index (κ1) is 27.2. The van der Waals surface area contributed by atoms with E-state index >= 15 is 0 Å². The number of alkyl halides is 6. The summed E-state index contributed by atoms with van der Waals surface area (Å²) in [5.41, 5.74) is -4.08. The molecule has 38 heavy (non-hydrogen) atoms. The lowest BCUT2D eigenvalue weighted by molar-refractivity contribution is -0.275. The van der Waals surface area contributed by atoms with Crippen molar-refractivity contribution in [3.05, 3.63) is 63.6 Å². The van der Waals surface area contributed by atoms with E-state index in [-0.39, 0.29) is 28.0 Å². The maximum Gasteiger partial charge on any atom is 0.573 e. The van der Waals surface area contributed by atoms with Gasteiger partial charge in [-0.05, 0) is 25.1 Å². The molecule has 1 aliphatic rings. The van der Waals surface area contributed by atoms with Gasteiger partial charge in [0, 0.05) is 35.2 Å². The van der Waals surface area contributed by atoms with Crippen molar-refractivity contribution < 1.29 is 50.5 Å². The summed E-state index contributed by atoms with van der Waals surface area (Å²) in [6.45, 7) is 2.12. The topological polar surface area (TPSA) is 111 Å². The molecule has 1 aliphatic heterocycles. The van der Waals surface area contributed by atoms with Crippen LogP contribution in [0.15, 0.2) is 41.2 Å². The zero-order valence-corrected chi connectivity index (χ0v) is 19.9. The maximum atomic E-state index is 14.2. The second-order valence-corrected chi connectivity index (χ2v) is 8.90. The van der Waals surface area contributed by atoms with Crippen molar-refractivity contribution in [2.75, 3.05) is 7.11 Å². The molecule has 0 radical (unpaired) electrons. The summed E-state index contributed by atoms with van der Waals surface area (Å²) in [5, 5.41) is 9.13. The summed E-state index contributed by atoms with van der Waals surface area (Å²) in [7, 11) is 1.14. The second-order valence-electron chi connectivity index (χ2n) is 8.90. The lowest BCUT2D eigenvalue weighted by Gasteiger charge is -2.32. The summed E-state index contributed by atoms with van der Waals surface area (Å²) in [5.74, 6) is -4.66. The summed E-state index contributed by atoms with van der Waals surface area (Å²) in [4.78, 5) is 30.6. The minimum absolute atomic E-state index is 0.0500. The van der Waals surface area contributed by atoms with Crippen molar-refractivity contribution in [3.63, 3.8) is 0 Å². The van der Waals surface area contributed by atoms with Crippen molar-refractivity contribution in [1.82, 2.24) is 9.97 Å². The molecule has 0 saturated carbocycles. The Morgan fingerprint density at radius 2 is 1.82 bits per heavy atom. The summed E-state index contributed by atoms with van der Waals surface area (Å²) in [6, 6.07) is 6.31. The number of hydrogen-bond acceptors (Lipinski definition) is 6. The van der Waals surface area contributed by atoms with E-state index in [9.17, 15) is 35.9 Å². The van der Waals surface area contributed by atoms with E-state index in [1.165, 1.54) is 13.0 Å². The third-order valence-electron chi connectivity index (χ3n) is 6.69. The minimum atomic E-state index is -5.01. The average molecular weight is 546 g/mol. The first-order valence-corrected chi connectivity index (χ1v) is 11.0. The number of methoxy groups -OCH3 is 1. The number of aromatic carboxylic acids is 1. The van der Waals surface area contributed by atoms with Crippen LogP contribution in [0.5, 0.6) is 11.5 Å². The van der Waals surface area contributed by atoms with Gasteiger partial charge in [-0.2, -0.15) is 13.2 Å². The van der Waals surface area contributed by atoms with Crippen LogP contribution >= 0.6 is 0 Å². The Labute approximate surface area is 210 Å². The highest BCUT2D eigenvalue weighted by atomic mass is 19.4. The Morgan fingerprint density at radius 1 is 1.13 bits per heavy atom. The van der Waals surface area contributed by atoms with E-state index < -0.39 is 58.9 Å². The molecule has 1 aromatic carbocycles. The monoisotopic (exact) mass is 546 g/mol. The Hall–Kier alpha value is -3.81. The third-order valence-corrected chi connectivity index (χ3v) is 6.69. The van der Waals surface area contributed by atoms with Gasteiger partial charge in [0.05, 0.1) is 12.6 Å². The van der Waals surface area contributed by atoms with Gasteiger partial charge in [0.1, 0.15) is 28.8 Å². The molecule has 204 valence electrons. The molecule has 4 rings (SSSR count). The standard InChI is InChI=1S/C24H20F6N2O6/c1-10-18(12-5-4-11(8-17(12)36-3)37-24(28,29)30)20(38-22(10,2)23(25,26)27)15-9-16(33)19-13(31-15)6-7-14(32-19)21(34)35/h4-10,18,20H,1-3H3,(H,31,33)(H,34,35)/t10-,18-,20-,22+/m0/s1. The zero-order chi connectivity index (χ0) is 28.2. The quantitative estimate of drug-likeness (QED) is 0.416. The molecular weight excluding hydrogens is 526 g/mol. The molecule has 14 heteroatoms. The molecule has 0 aliphatic carbocycles. The van der Waals surface area contributed by atoms with Gasteiger partial charge >= 0.3 is 18.5 Å². The van der Waals surface area contributed by atoms with Gasteiger partial charge in [-0.3, -0.25) is 4.79 Å². The lowest BCUT2D eigenvalue weighted by atomic mass is 9.76. The molecule has 0 amide bonds. The normalized spacial score (nSPS) is 24.0. The predicted molar refractivity (Wildman–Crippen MR) is 119 cm³/mol. The molecule has 1 fully saturated rings. The lowest BCUT2D eigenvalue weighted by Crippen LogP contribution is -2.46. The number of pyridine rings is 2. The average Bonchev–Trinajstić information content (AvgIpc) is 3.09. The van der Waals surface area contributed by atoms with Gasteiger partial charge in [-0.1, -0.05) is 13.0 Å². The molecule has 3 heterocycles. The molecule has 0 unspecified atom stereocenters. The maximum absolute atomic E-state index is 14.2. The van der Waals surface area contributed by atoms with Crippen molar-refractivity contribution in [3.8, 4) is 11.5 Å². The number of nitrogens with zero attached hydrogens (tertiary/aromatic N) is 1. The van der Waals surface area contributed by atoms with Crippen LogP contribution in [0.2, 0.25) is 0 Å². The number of carboxylic acid groups (broad SMARTS) is 1. The van der Waals surface area contributed by atoms with E-state index in [4.69, 9.17) is 14.6 Å². The highest BCUT2D eigenvalue weighted by Gasteiger charge is 2.65. The van der Waals surface area contributed by atoms with E-state index in [0.717, 1.165) is 44.4 Å². The summed E-state index contributed by atoms with van der Waals surface area (Å²) < 4.78 is 95.5. The number of hydrogen-bond donors (Lipinski definition) is 2. The van der Waals surface area contributed by atoms with Crippen LogP contribution in [0.4, 0.5) is 26.3 Å². The van der Waals surface area contributed by atoms with Crippen LogP contribution in [0.3, 0.4) is 0 Å². The van der Waals surface area contributed by atoms with E-state index in [1.54, 1.807) is 0 Å². The van der Waals surface area contributed by atoms with Crippen molar-refractivity contribution in [2.24, 2.45) is 5.92 Å². The number of H-pyrrole nitrogens is 1. The van der Waals surface area contributed by atoms with Crippen LogP contribution < -0.4 is 14.9 Å². The Morgan fingerprint density at radius 3 is 2.39 bits per heavy atom.